The van der Waals surface area contributed by atoms with Crippen molar-refractivity contribution in [2.45, 2.75) is 30.3 Å². The van der Waals surface area contributed by atoms with Gasteiger partial charge >= 0.3 is 5.76 Å². The van der Waals surface area contributed by atoms with Crippen molar-refractivity contribution < 1.29 is 12.8 Å². The molecule has 1 saturated heterocycles. The topological polar surface area (TPSA) is 84.5 Å². The molecule has 1 aliphatic rings. The number of fused-ring (bicyclic) bond motifs is 1. The average Bonchev–Trinajstić information content (AvgIpc) is 2.97. The molecule has 156 valence electrons. The van der Waals surface area contributed by atoms with E-state index < -0.39 is 15.8 Å². The fourth-order valence-corrected chi connectivity index (χ4v) is 4.94. The molecule has 2 heterocycles. The molecule has 0 atom stereocenters. The van der Waals surface area contributed by atoms with E-state index in [4.69, 9.17) is 4.42 Å². The molecule has 29 heavy (non-hydrogen) atoms. The zero-order valence-electron chi connectivity index (χ0n) is 16.1. The second-order valence-corrected chi connectivity index (χ2v) is 8.93. The lowest BCUT2D eigenvalue weighted by atomic mass is 10.1. The van der Waals surface area contributed by atoms with Crippen LogP contribution in [0.25, 0.3) is 11.1 Å². The molecule has 1 aromatic heterocycles. The number of aromatic nitrogens is 1. The van der Waals surface area contributed by atoms with Crippen molar-refractivity contribution in [3.63, 3.8) is 0 Å². The summed E-state index contributed by atoms with van der Waals surface area (Å²) in [6.45, 7) is 2.56. The minimum Gasteiger partial charge on any atom is -0.408 e. The van der Waals surface area contributed by atoms with E-state index in [-0.39, 0.29) is 28.9 Å². The molecule has 0 unspecified atom stereocenters. The van der Waals surface area contributed by atoms with Crippen LogP contribution < -0.4 is 10.5 Å². The first-order chi connectivity index (χ1) is 13.4. The Bertz CT molecular complexity index is 1130. The Labute approximate surface area is 175 Å². The Kier molecular flexibility index (Phi) is 6.48. The van der Waals surface area contributed by atoms with Crippen molar-refractivity contribution in [3.8, 4) is 0 Å². The molecule has 0 radical (unpaired) electrons. The van der Waals surface area contributed by atoms with E-state index in [1.807, 2.05) is 18.2 Å². The third-order valence-electron chi connectivity index (χ3n) is 5.23. The van der Waals surface area contributed by atoms with Gasteiger partial charge in [-0.3, -0.25) is 9.47 Å². The number of halogens is 1. The van der Waals surface area contributed by atoms with Crippen LogP contribution in [0, 0.1) is 0 Å². The summed E-state index contributed by atoms with van der Waals surface area (Å²) in [5.41, 5.74) is 2.10. The molecule has 0 aliphatic carbocycles. The largest absolute Gasteiger partial charge is 0.419 e. The number of hydrogen-bond acceptors (Lipinski definition) is 5. The van der Waals surface area contributed by atoms with E-state index in [1.54, 1.807) is 13.1 Å². The number of rotatable bonds is 5. The lowest BCUT2D eigenvalue weighted by Crippen LogP contribution is -2.44. The van der Waals surface area contributed by atoms with E-state index in [1.165, 1.54) is 22.3 Å². The number of hydrogen-bond donors (Lipinski definition) is 1. The smallest absolute Gasteiger partial charge is 0.408 e. The minimum absolute atomic E-state index is 0. The van der Waals surface area contributed by atoms with E-state index in [0.717, 1.165) is 32.5 Å². The van der Waals surface area contributed by atoms with Crippen molar-refractivity contribution in [3.05, 3.63) is 64.6 Å². The van der Waals surface area contributed by atoms with Gasteiger partial charge in [0.15, 0.2) is 5.58 Å². The first kappa shape index (κ1) is 21.6. The summed E-state index contributed by atoms with van der Waals surface area (Å²) in [7, 11) is -2.08. The van der Waals surface area contributed by atoms with Gasteiger partial charge in [-0.25, -0.2) is 17.9 Å². The van der Waals surface area contributed by atoms with E-state index in [9.17, 15) is 13.2 Å². The Hall–Kier alpha value is -2.13. The van der Waals surface area contributed by atoms with Crippen LogP contribution in [0.15, 0.2) is 62.6 Å². The van der Waals surface area contributed by atoms with Gasteiger partial charge < -0.3 is 4.42 Å². The summed E-state index contributed by atoms with van der Waals surface area (Å²) in [5.74, 6) is -0.511. The highest BCUT2D eigenvalue weighted by atomic mass is 35.5. The average molecular weight is 438 g/mol. The standard InChI is InChI=1S/C20H23N3O4S.ClH/c1-22-18-8-7-17(13-19(18)27-20(22)24)28(25,26)21-16-9-11-23(12-10-16)14-15-5-3-2-4-6-15;/h2-8,13,16,21H,9-12,14H2,1H3;1H. The molecular formula is C20H24ClN3O4S. The van der Waals surface area contributed by atoms with E-state index >= 15 is 0 Å². The van der Waals surface area contributed by atoms with E-state index in [0.29, 0.717) is 5.52 Å². The number of sulfonamides is 1. The maximum Gasteiger partial charge on any atom is 0.419 e. The third-order valence-corrected chi connectivity index (χ3v) is 6.75. The molecule has 0 bridgehead atoms. The number of oxazole rings is 1. The van der Waals surface area contributed by atoms with Gasteiger partial charge in [0.05, 0.1) is 10.4 Å². The van der Waals surface area contributed by atoms with Gasteiger partial charge in [0.1, 0.15) is 0 Å². The molecule has 1 aliphatic heterocycles. The van der Waals surface area contributed by atoms with Crippen LogP contribution in [-0.2, 0) is 23.6 Å². The maximum atomic E-state index is 12.8. The molecule has 3 aromatic rings. The molecular weight excluding hydrogens is 414 g/mol. The van der Waals surface area contributed by atoms with Crippen LogP contribution in [0.4, 0.5) is 0 Å². The van der Waals surface area contributed by atoms with Gasteiger partial charge in [0.2, 0.25) is 10.0 Å². The highest BCUT2D eigenvalue weighted by molar-refractivity contribution is 7.89. The summed E-state index contributed by atoms with van der Waals surface area (Å²) >= 11 is 0. The molecule has 2 aromatic carbocycles. The Morgan fingerprint density at radius 1 is 1.10 bits per heavy atom. The van der Waals surface area contributed by atoms with Crippen molar-refractivity contribution in [2.24, 2.45) is 7.05 Å². The summed E-state index contributed by atoms with van der Waals surface area (Å²) < 4.78 is 34.8. The highest BCUT2D eigenvalue weighted by Gasteiger charge is 2.25. The number of piperidine rings is 1. The SMILES string of the molecule is Cl.Cn1c(=O)oc2cc(S(=O)(=O)NC3CCN(Cc4ccccc4)CC3)ccc21. The van der Waals surface area contributed by atoms with Crippen molar-refractivity contribution in [2.75, 3.05) is 13.1 Å². The first-order valence-electron chi connectivity index (χ1n) is 9.30. The van der Waals surface area contributed by atoms with Crippen LogP contribution in [0.5, 0.6) is 0 Å². The summed E-state index contributed by atoms with van der Waals surface area (Å²) in [6, 6.07) is 14.7. The van der Waals surface area contributed by atoms with Crippen LogP contribution in [-0.4, -0.2) is 37.0 Å². The second kappa shape index (κ2) is 8.71. The number of nitrogens with one attached hydrogen (secondary N) is 1. The van der Waals surface area contributed by atoms with Gasteiger partial charge in [-0.05, 0) is 30.5 Å². The number of benzene rings is 2. The van der Waals surface area contributed by atoms with Crippen molar-refractivity contribution >= 4 is 33.5 Å². The summed E-state index contributed by atoms with van der Waals surface area (Å²) in [5, 5.41) is 0. The van der Waals surface area contributed by atoms with Crippen LogP contribution in [0.2, 0.25) is 0 Å². The third kappa shape index (κ3) is 4.72. The Morgan fingerprint density at radius 2 is 1.79 bits per heavy atom. The molecule has 9 heteroatoms. The second-order valence-electron chi connectivity index (χ2n) is 7.21. The fraction of sp³-hybridized carbons (Fsp3) is 0.350. The zero-order valence-corrected chi connectivity index (χ0v) is 17.7. The van der Waals surface area contributed by atoms with Crippen LogP contribution in [0.1, 0.15) is 18.4 Å². The molecule has 1 N–H and O–H groups in total. The van der Waals surface area contributed by atoms with Gasteiger partial charge in [0.25, 0.3) is 0 Å². The Morgan fingerprint density at radius 3 is 2.48 bits per heavy atom. The molecule has 0 amide bonds. The van der Waals surface area contributed by atoms with Gasteiger partial charge in [-0.15, -0.1) is 12.4 Å². The fourth-order valence-electron chi connectivity index (χ4n) is 3.62. The summed E-state index contributed by atoms with van der Waals surface area (Å²) in [4.78, 5) is 14.1. The number of aryl methyl sites for hydroxylation is 1. The maximum absolute atomic E-state index is 12.8. The lowest BCUT2D eigenvalue weighted by Gasteiger charge is -2.32. The first-order valence-corrected chi connectivity index (χ1v) is 10.8. The predicted octanol–water partition coefficient (Wildman–Crippen LogP) is 2.50. The van der Waals surface area contributed by atoms with Crippen molar-refractivity contribution in [1.29, 1.82) is 0 Å². The number of likely N-dealkylation sites (tertiary alicyclic amines) is 1. The van der Waals surface area contributed by atoms with Crippen LogP contribution in [0.3, 0.4) is 0 Å². The quantitative estimate of drug-likeness (QED) is 0.662. The minimum atomic E-state index is -3.67. The normalized spacial score (nSPS) is 16.0. The monoisotopic (exact) mass is 437 g/mol. The lowest BCUT2D eigenvalue weighted by molar-refractivity contribution is 0.200. The highest BCUT2D eigenvalue weighted by Crippen LogP contribution is 2.20. The van der Waals surface area contributed by atoms with Crippen molar-refractivity contribution in [1.82, 2.24) is 14.2 Å². The Balaban J connectivity index is 0.00000240. The van der Waals surface area contributed by atoms with Gasteiger partial charge in [-0.2, -0.15) is 0 Å². The van der Waals surface area contributed by atoms with Gasteiger partial charge in [-0.1, -0.05) is 30.3 Å². The van der Waals surface area contributed by atoms with E-state index in [2.05, 4.69) is 21.8 Å². The molecule has 0 spiro atoms. The molecule has 7 nitrogen and oxygen atoms in total. The number of nitrogens with zero attached hydrogens (tertiary/aromatic N) is 2. The summed E-state index contributed by atoms with van der Waals surface area (Å²) in [6.07, 6.45) is 1.52. The molecule has 1 fully saturated rings. The predicted molar refractivity (Wildman–Crippen MR) is 114 cm³/mol. The van der Waals surface area contributed by atoms with Crippen LogP contribution >= 0.6 is 12.4 Å². The zero-order chi connectivity index (χ0) is 19.7. The molecule has 0 saturated carbocycles. The van der Waals surface area contributed by atoms with Gasteiger partial charge in [0, 0.05) is 38.8 Å². The molecule has 4 rings (SSSR count).